The maximum Gasteiger partial charge on any atom is 0.410 e. The quantitative estimate of drug-likeness (QED) is 0.597. The number of halogens is 2. The fourth-order valence-corrected chi connectivity index (χ4v) is 2.61. The average Bonchev–Trinajstić information content (AvgIpc) is 2.45. The van der Waals surface area contributed by atoms with E-state index in [1.807, 2.05) is 0 Å². The summed E-state index contributed by atoms with van der Waals surface area (Å²) in [5, 5.41) is 0.431. The lowest BCUT2D eigenvalue weighted by molar-refractivity contribution is 0.0221. The number of ether oxygens (including phenoxy) is 2. The van der Waals surface area contributed by atoms with Gasteiger partial charge < -0.3 is 14.4 Å². The second-order valence-corrected chi connectivity index (χ2v) is 6.73. The van der Waals surface area contributed by atoms with Crippen LogP contribution in [0.3, 0.4) is 0 Å². The number of esters is 1. The topological polar surface area (TPSA) is 68.7 Å². The van der Waals surface area contributed by atoms with Gasteiger partial charge in [0.25, 0.3) is 0 Å². The number of alkyl halides is 1. The van der Waals surface area contributed by atoms with Crippen LogP contribution in [0.15, 0.2) is 6.07 Å². The number of rotatable bonds is 2. The van der Waals surface area contributed by atoms with Gasteiger partial charge in [0, 0.05) is 11.6 Å². The summed E-state index contributed by atoms with van der Waals surface area (Å²) in [6, 6.07) is 1.19. The summed E-state index contributed by atoms with van der Waals surface area (Å²) in [6.07, 6.45) is 0.125. The Morgan fingerprint density at radius 1 is 1.39 bits per heavy atom. The minimum absolute atomic E-state index is 0.0699. The first kappa shape index (κ1) is 17.8. The summed E-state index contributed by atoms with van der Waals surface area (Å²) in [5.74, 6) is -0.654. The van der Waals surface area contributed by atoms with E-state index in [2.05, 4.69) is 4.98 Å². The largest absolute Gasteiger partial charge is 0.445 e. The number of hydrogen-bond acceptors (Lipinski definition) is 5. The smallest absolute Gasteiger partial charge is 0.410 e. The van der Waals surface area contributed by atoms with Crippen molar-refractivity contribution >= 4 is 35.3 Å². The molecule has 2 rings (SSSR count). The molecular formula is C15H18Cl2N2O4. The molecule has 0 spiro atoms. The maximum absolute atomic E-state index is 12.2. The summed E-state index contributed by atoms with van der Waals surface area (Å²) >= 11 is 11.6. The molecule has 0 unspecified atom stereocenters. The summed E-state index contributed by atoms with van der Waals surface area (Å²) in [5.41, 5.74) is 0.888. The van der Waals surface area contributed by atoms with Gasteiger partial charge in [-0.05, 0) is 38.8 Å². The van der Waals surface area contributed by atoms with Crippen molar-refractivity contribution in [2.75, 3.05) is 12.6 Å². The SMILES string of the molecule is CC(C)(C)OC(=O)N1CCc2c(Cl)cc(C(=O)OCCl)nc2C1. The molecule has 0 saturated carbocycles. The lowest BCUT2D eigenvalue weighted by atomic mass is 10.0. The van der Waals surface area contributed by atoms with Gasteiger partial charge in [0.2, 0.25) is 0 Å². The Morgan fingerprint density at radius 3 is 2.70 bits per heavy atom. The van der Waals surface area contributed by atoms with E-state index in [1.165, 1.54) is 11.0 Å². The van der Waals surface area contributed by atoms with Crippen molar-refractivity contribution in [2.45, 2.75) is 39.3 Å². The highest BCUT2D eigenvalue weighted by atomic mass is 35.5. The second kappa shape index (κ2) is 6.93. The Balaban J connectivity index is 2.22. The first-order chi connectivity index (χ1) is 10.7. The van der Waals surface area contributed by atoms with E-state index in [-0.39, 0.29) is 18.3 Å². The Kier molecular flexibility index (Phi) is 5.37. The molecule has 126 valence electrons. The molecule has 0 atom stereocenters. The molecule has 0 radical (unpaired) electrons. The van der Waals surface area contributed by atoms with E-state index in [0.717, 1.165) is 5.56 Å². The summed E-state index contributed by atoms with van der Waals surface area (Å²) in [7, 11) is 0. The zero-order valence-electron chi connectivity index (χ0n) is 13.2. The van der Waals surface area contributed by atoms with Crippen molar-refractivity contribution in [1.82, 2.24) is 9.88 Å². The van der Waals surface area contributed by atoms with Gasteiger partial charge >= 0.3 is 12.1 Å². The Morgan fingerprint density at radius 2 is 2.09 bits per heavy atom. The molecule has 8 heteroatoms. The standard InChI is InChI=1S/C15H18Cl2N2O4/c1-15(2,3)23-14(21)19-5-4-9-10(17)6-11(13(20)22-8-16)18-12(9)7-19/h6H,4-5,7-8H2,1-3H3. The Labute approximate surface area is 144 Å². The van der Waals surface area contributed by atoms with Crippen molar-refractivity contribution in [3.63, 3.8) is 0 Å². The minimum Gasteiger partial charge on any atom is -0.445 e. The molecule has 0 aliphatic carbocycles. The van der Waals surface area contributed by atoms with Gasteiger partial charge in [-0.15, -0.1) is 0 Å². The molecule has 2 heterocycles. The van der Waals surface area contributed by atoms with Gasteiger partial charge in [0.05, 0.1) is 12.2 Å². The van der Waals surface area contributed by atoms with Crippen LogP contribution in [0, 0.1) is 0 Å². The van der Waals surface area contributed by atoms with Crippen LogP contribution in [0.25, 0.3) is 0 Å². The predicted molar refractivity (Wildman–Crippen MR) is 85.7 cm³/mol. The van der Waals surface area contributed by atoms with Gasteiger partial charge in [-0.3, -0.25) is 0 Å². The number of carbonyl (C=O) groups excluding carboxylic acids is 2. The van der Waals surface area contributed by atoms with Crippen molar-refractivity contribution in [1.29, 1.82) is 0 Å². The lowest BCUT2D eigenvalue weighted by Crippen LogP contribution is -2.40. The monoisotopic (exact) mass is 360 g/mol. The zero-order valence-corrected chi connectivity index (χ0v) is 14.7. The number of aromatic nitrogens is 1. The van der Waals surface area contributed by atoms with Gasteiger partial charge in [0.15, 0.2) is 6.07 Å². The fraction of sp³-hybridized carbons (Fsp3) is 0.533. The molecule has 0 aromatic carbocycles. The van der Waals surface area contributed by atoms with Crippen LogP contribution in [-0.4, -0.2) is 40.2 Å². The van der Waals surface area contributed by atoms with Crippen LogP contribution >= 0.6 is 23.2 Å². The highest BCUT2D eigenvalue weighted by Gasteiger charge is 2.28. The molecule has 0 bridgehead atoms. The Hall–Kier alpha value is -1.53. The van der Waals surface area contributed by atoms with Gasteiger partial charge in [-0.1, -0.05) is 23.2 Å². The first-order valence-electron chi connectivity index (χ1n) is 7.10. The normalized spacial score (nSPS) is 14.2. The van der Waals surface area contributed by atoms with Crippen LogP contribution in [-0.2, 0) is 22.4 Å². The number of amides is 1. The molecule has 0 N–H and O–H groups in total. The van der Waals surface area contributed by atoms with E-state index in [4.69, 9.17) is 32.7 Å². The van der Waals surface area contributed by atoms with Gasteiger partial charge in [0.1, 0.15) is 11.3 Å². The minimum atomic E-state index is -0.654. The van der Waals surface area contributed by atoms with Gasteiger partial charge in [-0.2, -0.15) is 0 Å². The third-order valence-corrected chi connectivity index (χ3v) is 3.62. The molecule has 1 aromatic heterocycles. The van der Waals surface area contributed by atoms with E-state index in [9.17, 15) is 9.59 Å². The maximum atomic E-state index is 12.2. The second-order valence-electron chi connectivity index (χ2n) is 6.11. The van der Waals surface area contributed by atoms with Crippen molar-refractivity contribution in [2.24, 2.45) is 0 Å². The van der Waals surface area contributed by atoms with Crippen molar-refractivity contribution in [3.8, 4) is 0 Å². The van der Waals surface area contributed by atoms with Gasteiger partial charge in [-0.25, -0.2) is 14.6 Å². The summed E-state index contributed by atoms with van der Waals surface area (Å²) < 4.78 is 10.1. The number of carbonyl (C=O) groups is 2. The molecule has 1 amide bonds. The molecule has 6 nitrogen and oxygen atoms in total. The zero-order chi connectivity index (χ0) is 17.2. The number of fused-ring (bicyclic) bond motifs is 1. The average molecular weight is 361 g/mol. The van der Waals surface area contributed by atoms with Crippen LogP contribution < -0.4 is 0 Å². The number of pyridine rings is 1. The van der Waals surface area contributed by atoms with E-state index in [1.54, 1.807) is 20.8 Å². The first-order valence-corrected chi connectivity index (χ1v) is 8.02. The number of hydrogen-bond donors (Lipinski definition) is 0. The van der Waals surface area contributed by atoms with Crippen LogP contribution in [0.5, 0.6) is 0 Å². The van der Waals surface area contributed by atoms with Crippen LogP contribution in [0.2, 0.25) is 5.02 Å². The summed E-state index contributed by atoms with van der Waals surface area (Å²) in [6.45, 7) is 6.12. The fourth-order valence-electron chi connectivity index (χ4n) is 2.20. The van der Waals surface area contributed by atoms with E-state index >= 15 is 0 Å². The molecule has 1 aliphatic rings. The predicted octanol–water partition coefficient (Wildman–Crippen LogP) is 3.38. The third kappa shape index (κ3) is 4.48. The molecule has 1 aliphatic heterocycles. The molecular weight excluding hydrogens is 343 g/mol. The van der Waals surface area contributed by atoms with E-state index < -0.39 is 17.7 Å². The third-order valence-electron chi connectivity index (χ3n) is 3.17. The lowest BCUT2D eigenvalue weighted by Gasteiger charge is -2.31. The van der Waals surface area contributed by atoms with E-state index in [0.29, 0.717) is 23.7 Å². The summed E-state index contributed by atoms with van der Waals surface area (Å²) in [4.78, 5) is 29.7. The number of nitrogens with zero attached hydrogens (tertiary/aromatic N) is 2. The Bertz CT molecular complexity index is 629. The van der Waals surface area contributed by atoms with Crippen LogP contribution in [0.4, 0.5) is 4.79 Å². The molecule has 0 saturated heterocycles. The highest BCUT2D eigenvalue weighted by molar-refractivity contribution is 6.31. The van der Waals surface area contributed by atoms with Crippen LogP contribution in [0.1, 0.15) is 42.5 Å². The molecule has 0 fully saturated rings. The molecule has 1 aromatic rings. The molecule has 23 heavy (non-hydrogen) atoms. The van der Waals surface area contributed by atoms with Crippen molar-refractivity contribution in [3.05, 3.63) is 28.0 Å². The highest BCUT2D eigenvalue weighted by Crippen LogP contribution is 2.27. The van der Waals surface area contributed by atoms with Crippen molar-refractivity contribution < 1.29 is 19.1 Å².